The number of aryl methyl sites for hydroxylation is 1. The molecule has 2 aromatic heterocycles. The minimum Gasteiger partial charge on any atom is -0.256 e. The van der Waals surface area contributed by atoms with E-state index in [-0.39, 0.29) is 5.75 Å². The molecule has 5 aromatic rings. The van der Waals surface area contributed by atoms with Gasteiger partial charge < -0.3 is 0 Å². The van der Waals surface area contributed by atoms with Gasteiger partial charge in [-0.2, -0.15) is 0 Å². The van der Waals surface area contributed by atoms with Gasteiger partial charge in [-0.15, -0.1) is 0 Å². The molecular formula is C33H30N2O2S. The number of hydrogen-bond donors (Lipinski definition) is 1. The van der Waals surface area contributed by atoms with Gasteiger partial charge in [0.15, 0.2) is 0 Å². The van der Waals surface area contributed by atoms with Crippen LogP contribution in [-0.4, -0.2) is 18.4 Å². The van der Waals surface area contributed by atoms with Gasteiger partial charge in [0, 0.05) is 28.9 Å². The maximum atomic E-state index is 11.2. The van der Waals surface area contributed by atoms with Crippen LogP contribution in [0.1, 0.15) is 53.3 Å². The summed E-state index contributed by atoms with van der Waals surface area (Å²) in [6.07, 6.45) is 5.86. The van der Waals surface area contributed by atoms with Gasteiger partial charge in [-0.25, -0.2) is 8.42 Å². The SMILES string of the molecule is Cc1ccc(/C(=C\c2cccc(-c3cc(C(C)C)cc4cccnc34)c2)c2ccc(C[SH](=O)=O)cc2)nc1. The molecule has 0 N–H and O–H groups in total. The first-order valence-corrected chi connectivity index (χ1v) is 14.1. The largest absolute Gasteiger partial charge is 0.256 e. The van der Waals surface area contributed by atoms with Crippen molar-refractivity contribution in [1.82, 2.24) is 9.97 Å². The van der Waals surface area contributed by atoms with Crippen LogP contribution >= 0.6 is 0 Å². The summed E-state index contributed by atoms with van der Waals surface area (Å²) in [6.45, 7) is 6.44. The van der Waals surface area contributed by atoms with Crippen LogP contribution in [0.4, 0.5) is 0 Å². The van der Waals surface area contributed by atoms with E-state index in [9.17, 15) is 8.42 Å². The van der Waals surface area contributed by atoms with Gasteiger partial charge in [0.25, 0.3) is 0 Å². The molecule has 190 valence electrons. The fourth-order valence-electron chi connectivity index (χ4n) is 4.60. The first-order valence-electron chi connectivity index (χ1n) is 12.7. The Bertz CT molecular complexity index is 1690. The van der Waals surface area contributed by atoms with E-state index in [4.69, 9.17) is 9.97 Å². The number of pyridine rings is 2. The van der Waals surface area contributed by atoms with Crippen LogP contribution in [0.25, 0.3) is 33.7 Å². The third kappa shape index (κ3) is 5.74. The second-order valence-electron chi connectivity index (χ2n) is 9.89. The van der Waals surface area contributed by atoms with Crippen LogP contribution in [0, 0.1) is 6.92 Å². The Morgan fingerprint density at radius 3 is 2.42 bits per heavy atom. The molecule has 0 aliphatic carbocycles. The topological polar surface area (TPSA) is 59.9 Å². The summed E-state index contributed by atoms with van der Waals surface area (Å²) >= 11 is 0. The lowest BCUT2D eigenvalue weighted by Crippen LogP contribution is -1.94. The fourth-order valence-corrected chi connectivity index (χ4v) is 5.11. The molecule has 0 fully saturated rings. The lowest BCUT2D eigenvalue weighted by molar-refractivity contribution is 0.614. The summed E-state index contributed by atoms with van der Waals surface area (Å²) in [5.41, 5.74) is 10.2. The minimum absolute atomic E-state index is 0.0386. The van der Waals surface area contributed by atoms with Crippen molar-refractivity contribution in [1.29, 1.82) is 0 Å². The molecule has 0 saturated heterocycles. The van der Waals surface area contributed by atoms with E-state index < -0.39 is 10.7 Å². The molecule has 0 aliphatic rings. The average molecular weight is 519 g/mol. The Balaban J connectivity index is 1.63. The van der Waals surface area contributed by atoms with Gasteiger partial charge in [0.05, 0.1) is 17.0 Å². The molecule has 0 aliphatic heterocycles. The Labute approximate surface area is 225 Å². The highest BCUT2D eigenvalue weighted by molar-refractivity contribution is 7.71. The zero-order valence-corrected chi connectivity index (χ0v) is 22.7. The normalized spacial score (nSPS) is 12.0. The summed E-state index contributed by atoms with van der Waals surface area (Å²) < 4.78 is 22.4. The van der Waals surface area contributed by atoms with Gasteiger partial charge in [-0.05, 0) is 82.6 Å². The van der Waals surface area contributed by atoms with Crippen molar-refractivity contribution >= 4 is 33.3 Å². The Kier molecular flexibility index (Phi) is 7.47. The smallest absolute Gasteiger partial charge is 0.144 e. The van der Waals surface area contributed by atoms with E-state index in [1.165, 1.54) is 5.56 Å². The van der Waals surface area contributed by atoms with Crippen molar-refractivity contribution in [2.24, 2.45) is 0 Å². The third-order valence-electron chi connectivity index (χ3n) is 6.67. The number of benzene rings is 3. The number of rotatable bonds is 7. The second-order valence-corrected chi connectivity index (χ2v) is 10.9. The maximum absolute atomic E-state index is 11.2. The lowest BCUT2D eigenvalue weighted by Gasteiger charge is -2.13. The van der Waals surface area contributed by atoms with Crippen LogP contribution < -0.4 is 0 Å². The molecule has 2 heterocycles. The molecule has 38 heavy (non-hydrogen) atoms. The Hall–Kier alpha value is -4.09. The van der Waals surface area contributed by atoms with Crippen molar-refractivity contribution in [3.05, 3.63) is 131 Å². The zero-order valence-electron chi connectivity index (χ0n) is 21.8. The fraction of sp³-hybridized carbons (Fsp3) is 0.152. The van der Waals surface area contributed by atoms with Gasteiger partial charge in [0.2, 0.25) is 0 Å². The molecule has 0 saturated carbocycles. The molecular weight excluding hydrogens is 488 g/mol. The molecule has 3 aromatic carbocycles. The summed E-state index contributed by atoms with van der Waals surface area (Å²) in [5.74, 6) is 0.445. The Morgan fingerprint density at radius 1 is 0.895 bits per heavy atom. The highest BCUT2D eigenvalue weighted by Crippen LogP contribution is 2.33. The molecule has 0 radical (unpaired) electrons. The first kappa shape index (κ1) is 25.6. The van der Waals surface area contributed by atoms with Crippen molar-refractivity contribution < 1.29 is 8.42 Å². The first-order chi connectivity index (χ1) is 18.4. The van der Waals surface area contributed by atoms with Crippen LogP contribution in [0.15, 0.2) is 97.3 Å². The van der Waals surface area contributed by atoms with Crippen LogP contribution in [0.5, 0.6) is 0 Å². The molecule has 0 bridgehead atoms. The van der Waals surface area contributed by atoms with Crippen LogP contribution in [0.3, 0.4) is 0 Å². The highest BCUT2D eigenvalue weighted by atomic mass is 32.2. The molecule has 4 nitrogen and oxygen atoms in total. The third-order valence-corrected chi connectivity index (χ3v) is 7.29. The summed E-state index contributed by atoms with van der Waals surface area (Å²) in [4.78, 5) is 9.41. The lowest BCUT2D eigenvalue weighted by atomic mass is 9.92. The van der Waals surface area contributed by atoms with E-state index in [2.05, 4.69) is 68.5 Å². The standard InChI is InChI=1S/C33H30N2O2S/c1-22(2)29-18-28-8-5-15-34-33(28)31(19-29)27-7-4-6-25(16-27)17-30(32-14-9-23(3)20-35-32)26-12-10-24(11-13-26)21-38(36)37/h4-20,22,38H,21H2,1-3H3/b30-17-. The Morgan fingerprint density at radius 2 is 1.71 bits per heavy atom. The monoisotopic (exact) mass is 518 g/mol. The summed E-state index contributed by atoms with van der Waals surface area (Å²) in [7, 11) is -2.47. The molecule has 0 unspecified atom stereocenters. The highest BCUT2D eigenvalue weighted by Gasteiger charge is 2.12. The average Bonchev–Trinajstić information content (AvgIpc) is 2.92. The zero-order chi connectivity index (χ0) is 26.6. The van der Waals surface area contributed by atoms with Gasteiger partial charge in [-0.1, -0.05) is 68.4 Å². The van der Waals surface area contributed by atoms with Crippen LogP contribution in [-0.2, 0) is 16.5 Å². The molecule has 0 spiro atoms. The number of thiol groups is 1. The minimum atomic E-state index is -2.47. The van der Waals surface area contributed by atoms with Crippen molar-refractivity contribution in [2.45, 2.75) is 32.4 Å². The van der Waals surface area contributed by atoms with Crippen molar-refractivity contribution in [3.63, 3.8) is 0 Å². The molecule has 0 atom stereocenters. The van der Waals surface area contributed by atoms with Crippen molar-refractivity contribution in [2.75, 3.05) is 0 Å². The van der Waals surface area contributed by atoms with E-state index >= 15 is 0 Å². The maximum Gasteiger partial charge on any atom is 0.144 e. The second kappa shape index (κ2) is 11.1. The van der Waals surface area contributed by atoms with Crippen molar-refractivity contribution in [3.8, 4) is 11.1 Å². The quantitative estimate of drug-likeness (QED) is 0.180. The van der Waals surface area contributed by atoms with E-state index in [1.807, 2.05) is 55.7 Å². The predicted molar refractivity (Wildman–Crippen MR) is 158 cm³/mol. The van der Waals surface area contributed by atoms with Gasteiger partial charge in [-0.3, -0.25) is 9.97 Å². The van der Waals surface area contributed by atoms with E-state index in [1.54, 1.807) is 0 Å². The van der Waals surface area contributed by atoms with Gasteiger partial charge >= 0.3 is 0 Å². The summed E-state index contributed by atoms with van der Waals surface area (Å²) in [5, 5.41) is 1.14. The number of hydrogen-bond acceptors (Lipinski definition) is 4. The van der Waals surface area contributed by atoms with Crippen LogP contribution in [0.2, 0.25) is 0 Å². The van der Waals surface area contributed by atoms with Gasteiger partial charge in [0.1, 0.15) is 10.7 Å². The number of nitrogens with zero attached hydrogens (tertiary/aromatic N) is 2. The predicted octanol–water partition coefficient (Wildman–Crippen LogP) is 7.43. The summed E-state index contributed by atoms with van der Waals surface area (Å²) in [6, 6.07) is 28.8. The number of aromatic nitrogens is 2. The van der Waals surface area contributed by atoms with E-state index in [0.29, 0.717) is 5.92 Å². The molecule has 0 amide bonds. The molecule has 5 heteroatoms. The molecule has 5 rings (SSSR count). The number of fused-ring (bicyclic) bond motifs is 1. The van der Waals surface area contributed by atoms with E-state index in [0.717, 1.165) is 55.6 Å².